The van der Waals surface area contributed by atoms with Crippen molar-refractivity contribution in [3.05, 3.63) is 52.2 Å². The molecule has 0 aliphatic heterocycles. The summed E-state index contributed by atoms with van der Waals surface area (Å²) in [6, 6.07) is 9.01. The van der Waals surface area contributed by atoms with Gasteiger partial charge in [0.2, 0.25) is 10.0 Å². The van der Waals surface area contributed by atoms with Crippen LogP contribution in [-0.4, -0.2) is 26.3 Å². The SMILES string of the molecule is CN(Cc1ccsc1)S(=O)(=O)c1ccc(CCCN)cc1. The lowest BCUT2D eigenvalue weighted by Crippen LogP contribution is -2.26. The van der Waals surface area contributed by atoms with Gasteiger partial charge in [0.1, 0.15) is 0 Å². The van der Waals surface area contributed by atoms with Gasteiger partial charge in [-0.15, -0.1) is 0 Å². The Morgan fingerprint density at radius 2 is 1.86 bits per heavy atom. The van der Waals surface area contributed by atoms with E-state index in [1.54, 1.807) is 30.5 Å². The lowest BCUT2D eigenvalue weighted by molar-refractivity contribution is 0.467. The van der Waals surface area contributed by atoms with Crippen LogP contribution in [0, 0.1) is 0 Å². The van der Waals surface area contributed by atoms with Crippen molar-refractivity contribution in [3.63, 3.8) is 0 Å². The van der Waals surface area contributed by atoms with E-state index in [1.165, 1.54) is 4.31 Å². The standard InChI is InChI=1S/C15H20N2O2S2/c1-17(11-14-8-10-20-12-14)21(18,19)15-6-4-13(5-7-15)3-2-9-16/h4-8,10,12H,2-3,9,11,16H2,1H3. The Kier molecular flexibility index (Phi) is 5.52. The number of sulfonamides is 1. The fourth-order valence-electron chi connectivity index (χ4n) is 2.04. The third kappa shape index (κ3) is 4.14. The van der Waals surface area contributed by atoms with E-state index in [4.69, 9.17) is 5.73 Å². The summed E-state index contributed by atoms with van der Waals surface area (Å²) in [7, 11) is -1.83. The number of benzene rings is 1. The van der Waals surface area contributed by atoms with E-state index in [0.717, 1.165) is 24.0 Å². The van der Waals surface area contributed by atoms with Gasteiger partial charge in [-0.3, -0.25) is 0 Å². The zero-order valence-corrected chi connectivity index (χ0v) is 13.7. The van der Waals surface area contributed by atoms with Crippen LogP contribution in [0.5, 0.6) is 0 Å². The van der Waals surface area contributed by atoms with Crippen molar-refractivity contribution in [2.75, 3.05) is 13.6 Å². The molecule has 0 saturated heterocycles. The molecule has 6 heteroatoms. The fraction of sp³-hybridized carbons (Fsp3) is 0.333. The lowest BCUT2D eigenvalue weighted by atomic mass is 10.1. The van der Waals surface area contributed by atoms with Gasteiger partial charge in [-0.25, -0.2) is 8.42 Å². The van der Waals surface area contributed by atoms with E-state index in [9.17, 15) is 8.42 Å². The molecule has 0 aliphatic carbocycles. The van der Waals surface area contributed by atoms with E-state index in [-0.39, 0.29) is 0 Å². The van der Waals surface area contributed by atoms with Gasteiger partial charge in [-0.05, 0) is 59.5 Å². The van der Waals surface area contributed by atoms with E-state index < -0.39 is 10.0 Å². The van der Waals surface area contributed by atoms with Crippen LogP contribution in [0.2, 0.25) is 0 Å². The Balaban J connectivity index is 2.11. The molecular formula is C15H20N2O2S2. The molecule has 0 unspecified atom stereocenters. The Morgan fingerprint density at radius 3 is 2.43 bits per heavy atom. The molecule has 0 aliphatic rings. The molecule has 0 saturated carbocycles. The second-order valence-electron chi connectivity index (χ2n) is 4.93. The zero-order chi connectivity index (χ0) is 15.3. The Hall–Kier alpha value is -1.21. The van der Waals surface area contributed by atoms with Gasteiger partial charge in [0.25, 0.3) is 0 Å². The maximum Gasteiger partial charge on any atom is 0.243 e. The molecule has 0 spiro atoms. The maximum absolute atomic E-state index is 12.5. The first-order chi connectivity index (χ1) is 10.0. The fourth-order valence-corrected chi connectivity index (χ4v) is 3.86. The number of rotatable bonds is 7. The van der Waals surface area contributed by atoms with Crippen LogP contribution in [-0.2, 0) is 23.0 Å². The van der Waals surface area contributed by atoms with Crippen molar-refractivity contribution in [1.29, 1.82) is 0 Å². The number of hydrogen-bond donors (Lipinski definition) is 1. The molecule has 2 rings (SSSR count). The minimum Gasteiger partial charge on any atom is -0.330 e. The van der Waals surface area contributed by atoms with Gasteiger partial charge in [-0.1, -0.05) is 12.1 Å². The van der Waals surface area contributed by atoms with Gasteiger partial charge >= 0.3 is 0 Å². The molecule has 0 fully saturated rings. The summed E-state index contributed by atoms with van der Waals surface area (Å²) in [5.74, 6) is 0. The highest BCUT2D eigenvalue weighted by atomic mass is 32.2. The lowest BCUT2D eigenvalue weighted by Gasteiger charge is -2.16. The van der Waals surface area contributed by atoms with Crippen molar-refractivity contribution < 1.29 is 8.42 Å². The summed E-state index contributed by atoms with van der Waals surface area (Å²) in [6.45, 7) is 1.03. The van der Waals surface area contributed by atoms with Crippen molar-refractivity contribution in [1.82, 2.24) is 4.31 Å². The van der Waals surface area contributed by atoms with Crippen LogP contribution >= 0.6 is 11.3 Å². The molecule has 4 nitrogen and oxygen atoms in total. The van der Waals surface area contributed by atoms with Crippen molar-refractivity contribution >= 4 is 21.4 Å². The van der Waals surface area contributed by atoms with Crippen LogP contribution < -0.4 is 5.73 Å². The molecule has 1 aromatic carbocycles. The predicted octanol–water partition coefficient (Wildman–Crippen LogP) is 2.46. The second-order valence-corrected chi connectivity index (χ2v) is 7.75. The first-order valence-corrected chi connectivity index (χ1v) is 9.19. The zero-order valence-electron chi connectivity index (χ0n) is 12.0. The molecular weight excluding hydrogens is 304 g/mol. The first kappa shape index (κ1) is 16.2. The largest absolute Gasteiger partial charge is 0.330 e. The van der Waals surface area contributed by atoms with E-state index in [2.05, 4.69) is 0 Å². The number of hydrogen-bond acceptors (Lipinski definition) is 4. The van der Waals surface area contributed by atoms with Gasteiger partial charge < -0.3 is 5.73 Å². The summed E-state index contributed by atoms with van der Waals surface area (Å²) >= 11 is 1.57. The van der Waals surface area contributed by atoms with Crippen LogP contribution in [0.4, 0.5) is 0 Å². The molecule has 0 bridgehead atoms. The average Bonchev–Trinajstić information content (AvgIpc) is 2.98. The molecule has 114 valence electrons. The number of aryl methyl sites for hydroxylation is 1. The van der Waals surface area contributed by atoms with E-state index >= 15 is 0 Å². The average molecular weight is 324 g/mol. The summed E-state index contributed by atoms with van der Waals surface area (Å²) < 4.78 is 26.4. The third-order valence-corrected chi connectivity index (χ3v) is 5.84. The first-order valence-electron chi connectivity index (χ1n) is 6.80. The summed E-state index contributed by atoms with van der Waals surface area (Å²) in [6.07, 6.45) is 1.78. The maximum atomic E-state index is 12.5. The van der Waals surface area contributed by atoms with E-state index in [1.807, 2.05) is 29.0 Å². The van der Waals surface area contributed by atoms with Gasteiger partial charge in [-0.2, -0.15) is 15.6 Å². The molecule has 21 heavy (non-hydrogen) atoms. The Bertz CT molecular complexity index is 649. The molecule has 1 aromatic heterocycles. The molecule has 0 atom stereocenters. The normalized spacial score (nSPS) is 12.0. The minimum atomic E-state index is -3.44. The molecule has 2 N–H and O–H groups in total. The quantitative estimate of drug-likeness (QED) is 0.851. The summed E-state index contributed by atoms with van der Waals surface area (Å²) in [5, 5.41) is 3.91. The van der Waals surface area contributed by atoms with Crippen LogP contribution in [0.25, 0.3) is 0 Å². The molecule has 1 heterocycles. The van der Waals surface area contributed by atoms with E-state index in [0.29, 0.717) is 18.0 Å². The van der Waals surface area contributed by atoms with Crippen molar-refractivity contribution in [2.45, 2.75) is 24.3 Å². The highest BCUT2D eigenvalue weighted by molar-refractivity contribution is 7.89. The highest BCUT2D eigenvalue weighted by Crippen LogP contribution is 2.18. The smallest absolute Gasteiger partial charge is 0.243 e. The van der Waals surface area contributed by atoms with Gasteiger partial charge in [0, 0.05) is 13.6 Å². The number of thiophene rings is 1. The number of nitrogens with two attached hydrogens (primary N) is 1. The van der Waals surface area contributed by atoms with Crippen LogP contribution in [0.15, 0.2) is 46.0 Å². The molecule has 0 amide bonds. The van der Waals surface area contributed by atoms with Crippen LogP contribution in [0.3, 0.4) is 0 Å². The second kappa shape index (κ2) is 7.17. The monoisotopic (exact) mass is 324 g/mol. The minimum absolute atomic E-state index is 0.330. The predicted molar refractivity (Wildman–Crippen MR) is 86.8 cm³/mol. The van der Waals surface area contributed by atoms with Crippen LogP contribution in [0.1, 0.15) is 17.5 Å². The Labute approximate surface area is 130 Å². The highest BCUT2D eigenvalue weighted by Gasteiger charge is 2.20. The van der Waals surface area contributed by atoms with Crippen molar-refractivity contribution in [3.8, 4) is 0 Å². The van der Waals surface area contributed by atoms with Gasteiger partial charge in [0.05, 0.1) is 4.90 Å². The van der Waals surface area contributed by atoms with Crippen molar-refractivity contribution in [2.24, 2.45) is 5.73 Å². The number of nitrogens with zero attached hydrogens (tertiary/aromatic N) is 1. The molecule has 2 aromatic rings. The summed E-state index contributed by atoms with van der Waals surface area (Å²) in [5.41, 5.74) is 7.59. The topological polar surface area (TPSA) is 63.4 Å². The van der Waals surface area contributed by atoms with Gasteiger partial charge in [0.15, 0.2) is 0 Å². The Morgan fingerprint density at radius 1 is 1.14 bits per heavy atom. The third-order valence-electron chi connectivity index (χ3n) is 3.29. The molecule has 0 radical (unpaired) electrons. The summed E-state index contributed by atoms with van der Waals surface area (Å²) in [4.78, 5) is 0.330.